The van der Waals surface area contributed by atoms with Crippen LogP contribution in [-0.4, -0.2) is 23.2 Å². The second-order valence-corrected chi connectivity index (χ2v) is 2.86. The van der Waals surface area contributed by atoms with E-state index in [1.807, 2.05) is 6.92 Å². The highest BCUT2D eigenvalue weighted by Gasteiger charge is 2.04. The molecule has 0 radical (unpaired) electrons. The lowest BCUT2D eigenvalue weighted by molar-refractivity contribution is 0.117. The van der Waals surface area contributed by atoms with Gasteiger partial charge in [0.05, 0.1) is 12.3 Å². The highest BCUT2D eigenvalue weighted by molar-refractivity contribution is 5.30. The van der Waals surface area contributed by atoms with Crippen LogP contribution in [0.15, 0.2) is 11.0 Å². The Kier molecular flexibility index (Phi) is 3.02. The molecule has 5 heteroatoms. The minimum Gasteiger partial charge on any atom is -0.393 e. The number of anilines is 1. The molecule has 1 aromatic rings. The van der Waals surface area contributed by atoms with Crippen LogP contribution in [0.3, 0.4) is 0 Å². The Morgan fingerprint density at radius 2 is 2.46 bits per heavy atom. The van der Waals surface area contributed by atoms with Crippen molar-refractivity contribution in [3.8, 4) is 0 Å². The molecular formula is C8H13N3O2. The van der Waals surface area contributed by atoms with Crippen molar-refractivity contribution in [2.45, 2.75) is 19.4 Å². The zero-order valence-corrected chi connectivity index (χ0v) is 7.70. The van der Waals surface area contributed by atoms with Crippen LogP contribution in [0.5, 0.6) is 0 Å². The first kappa shape index (κ1) is 9.73. The van der Waals surface area contributed by atoms with E-state index in [4.69, 9.17) is 10.5 Å². The second-order valence-electron chi connectivity index (χ2n) is 2.86. The summed E-state index contributed by atoms with van der Waals surface area (Å²) < 4.78 is 5.03. The van der Waals surface area contributed by atoms with Crippen LogP contribution < -0.4 is 11.3 Å². The molecule has 0 saturated heterocycles. The van der Waals surface area contributed by atoms with Crippen LogP contribution in [0.25, 0.3) is 0 Å². The lowest BCUT2D eigenvalue weighted by atomic mass is 10.3. The molecule has 0 aliphatic rings. The molecule has 5 nitrogen and oxygen atoms in total. The van der Waals surface area contributed by atoms with E-state index >= 15 is 0 Å². The number of nitrogens with two attached hydrogens (primary N) is 1. The average Bonchev–Trinajstić information content (AvgIpc) is 2.11. The summed E-state index contributed by atoms with van der Waals surface area (Å²) in [5.41, 5.74) is 5.15. The van der Waals surface area contributed by atoms with Crippen molar-refractivity contribution in [1.29, 1.82) is 0 Å². The minimum absolute atomic E-state index is 0.0341. The predicted molar refractivity (Wildman–Crippen MR) is 49.4 cm³/mol. The standard InChI is InChI=1S/C8H13N3O2/c1-5(13-2)3-7-10-4-6(9)8(12)11-7/h4-5H,3,9H2,1-2H3,(H,10,11,12). The number of rotatable bonds is 3. The van der Waals surface area contributed by atoms with Gasteiger partial charge in [0.2, 0.25) is 0 Å². The number of hydrogen-bond donors (Lipinski definition) is 2. The van der Waals surface area contributed by atoms with Crippen molar-refractivity contribution < 1.29 is 4.74 Å². The lowest BCUT2D eigenvalue weighted by Crippen LogP contribution is -2.18. The van der Waals surface area contributed by atoms with Gasteiger partial charge in [-0.3, -0.25) is 4.79 Å². The van der Waals surface area contributed by atoms with Gasteiger partial charge in [0.1, 0.15) is 11.5 Å². The van der Waals surface area contributed by atoms with Crippen LogP contribution in [0, 0.1) is 0 Å². The molecule has 0 saturated carbocycles. The number of aromatic amines is 1. The number of methoxy groups -OCH3 is 1. The van der Waals surface area contributed by atoms with E-state index in [0.717, 1.165) is 0 Å². The average molecular weight is 183 g/mol. The number of H-pyrrole nitrogens is 1. The molecule has 13 heavy (non-hydrogen) atoms. The number of hydrogen-bond acceptors (Lipinski definition) is 4. The first-order chi connectivity index (χ1) is 6.13. The number of nitrogens with one attached hydrogen (secondary N) is 1. The van der Waals surface area contributed by atoms with E-state index in [-0.39, 0.29) is 17.4 Å². The number of nitrogens with zero attached hydrogens (tertiary/aromatic N) is 1. The van der Waals surface area contributed by atoms with Gasteiger partial charge >= 0.3 is 0 Å². The molecule has 0 aliphatic carbocycles. The van der Waals surface area contributed by atoms with Crippen LogP contribution in [0.2, 0.25) is 0 Å². The summed E-state index contributed by atoms with van der Waals surface area (Å²) in [5.74, 6) is 0.591. The fourth-order valence-electron chi connectivity index (χ4n) is 0.901. The van der Waals surface area contributed by atoms with Gasteiger partial charge in [-0.25, -0.2) is 4.98 Å². The van der Waals surface area contributed by atoms with Gasteiger partial charge in [-0.15, -0.1) is 0 Å². The molecule has 1 aromatic heterocycles. The molecule has 1 heterocycles. The Balaban J connectivity index is 2.80. The van der Waals surface area contributed by atoms with Gasteiger partial charge in [-0.1, -0.05) is 0 Å². The van der Waals surface area contributed by atoms with Crippen LogP contribution in [0.4, 0.5) is 5.69 Å². The number of ether oxygens (including phenoxy) is 1. The van der Waals surface area contributed by atoms with Gasteiger partial charge in [-0.2, -0.15) is 0 Å². The van der Waals surface area contributed by atoms with E-state index in [9.17, 15) is 4.79 Å². The quantitative estimate of drug-likeness (QED) is 0.687. The second kappa shape index (κ2) is 4.04. The molecule has 0 bridgehead atoms. The zero-order chi connectivity index (χ0) is 9.84. The Labute approximate surface area is 75.9 Å². The number of aromatic nitrogens is 2. The first-order valence-electron chi connectivity index (χ1n) is 4.00. The zero-order valence-electron chi connectivity index (χ0n) is 7.70. The van der Waals surface area contributed by atoms with Gasteiger partial charge in [0.25, 0.3) is 5.56 Å². The maximum absolute atomic E-state index is 11.0. The van der Waals surface area contributed by atoms with Gasteiger partial charge in [-0.05, 0) is 6.92 Å². The van der Waals surface area contributed by atoms with Crippen LogP contribution in [0.1, 0.15) is 12.7 Å². The molecule has 0 fully saturated rings. The van der Waals surface area contributed by atoms with Crippen LogP contribution in [-0.2, 0) is 11.2 Å². The summed E-state index contributed by atoms with van der Waals surface area (Å²) in [6.07, 6.45) is 1.97. The maximum atomic E-state index is 11.0. The van der Waals surface area contributed by atoms with Crippen molar-refractivity contribution in [3.63, 3.8) is 0 Å². The van der Waals surface area contributed by atoms with E-state index in [1.165, 1.54) is 6.20 Å². The van der Waals surface area contributed by atoms with E-state index in [1.54, 1.807) is 7.11 Å². The highest BCUT2D eigenvalue weighted by Crippen LogP contribution is 1.97. The normalized spacial score (nSPS) is 12.8. The Hall–Kier alpha value is -1.36. The molecule has 72 valence electrons. The fraction of sp³-hybridized carbons (Fsp3) is 0.500. The molecule has 0 spiro atoms. The van der Waals surface area contributed by atoms with Crippen LogP contribution >= 0.6 is 0 Å². The van der Waals surface area contributed by atoms with E-state index in [0.29, 0.717) is 12.2 Å². The summed E-state index contributed by atoms with van der Waals surface area (Å²) in [6.45, 7) is 1.90. The topological polar surface area (TPSA) is 81.0 Å². The Morgan fingerprint density at radius 3 is 3.00 bits per heavy atom. The molecule has 1 atom stereocenters. The predicted octanol–water partition coefficient (Wildman–Crippen LogP) is -0.0705. The summed E-state index contributed by atoms with van der Waals surface area (Å²) in [5, 5.41) is 0. The maximum Gasteiger partial charge on any atom is 0.274 e. The SMILES string of the molecule is COC(C)Cc1ncc(N)c(=O)[nH]1. The summed E-state index contributed by atoms with van der Waals surface area (Å²) in [6, 6.07) is 0. The molecule has 0 amide bonds. The summed E-state index contributed by atoms with van der Waals surface area (Å²) >= 11 is 0. The Morgan fingerprint density at radius 1 is 1.77 bits per heavy atom. The smallest absolute Gasteiger partial charge is 0.274 e. The van der Waals surface area contributed by atoms with Crippen molar-refractivity contribution >= 4 is 5.69 Å². The lowest BCUT2D eigenvalue weighted by Gasteiger charge is -2.07. The third kappa shape index (κ3) is 2.55. The van der Waals surface area contributed by atoms with Crippen molar-refractivity contribution in [2.24, 2.45) is 0 Å². The molecular weight excluding hydrogens is 170 g/mol. The van der Waals surface area contributed by atoms with Gasteiger partial charge < -0.3 is 15.5 Å². The minimum atomic E-state index is -0.298. The molecule has 3 N–H and O–H groups in total. The monoisotopic (exact) mass is 183 g/mol. The molecule has 1 unspecified atom stereocenters. The van der Waals surface area contributed by atoms with Crippen molar-refractivity contribution in [3.05, 3.63) is 22.4 Å². The number of nitrogen functional groups attached to an aromatic ring is 1. The molecule has 0 aliphatic heterocycles. The largest absolute Gasteiger partial charge is 0.393 e. The molecule has 0 aromatic carbocycles. The first-order valence-corrected chi connectivity index (χ1v) is 4.00. The fourth-order valence-corrected chi connectivity index (χ4v) is 0.901. The molecule has 1 rings (SSSR count). The third-order valence-corrected chi connectivity index (χ3v) is 1.76. The summed E-state index contributed by atoms with van der Waals surface area (Å²) in [4.78, 5) is 17.6. The van der Waals surface area contributed by atoms with E-state index in [2.05, 4.69) is 9.97 Å². The van der Waals surface area contributed by atoms with Gasteiger partial charge in [0, 0.05) is 13.5 Å². The Bertz CT molecular complexity index is 334. The highest BCUT2D eigenvalue weighted by atomic mass is 16.5. The third-order valence-electron chi connectivity index (χ3n) is 1.76. The van der Waals surface area contributed by atoms with Crippen molar-refractivity contribution in [1.82, 2.24) is 9.97 Å². The summed E-state index contributed by atoms with van der Waals surface area (Å²) in [7, 11) is 1.61. The van der Waals surface area contributed by atoms with Gasteiger partial charge in [0.15, 0.2) is 0 Å². The van der Waals surface area contributed by atoms with E-state index < -0.39 is 0 Å². The van der Waals surface area contributed by atoms with Crippen molar-refractivity contribution in [2.75, 3.05) is 12.8 Å².